The quantitative estimate of drug-likeness (QED) is 0.854. The highest BCUT2D eigenvalue weighted by Gasteiger charge is 2.36. The van der Waals surface area contributed by atoms with E-state index in [1.807, 2.05) is 13.0 Å². The van der Waals surface area contributed by atoms with Crippen LogP contribution in [0.1, 0.15) is 12.6 Å². The smallest absolute Gasteiger partial charge is 0.244 e. The first-order chi connectivity index (χ1) is 8.98. The zero-order chi connectivity index (χ0) is 14.0. The fourth-order valence-electron chi connectivity index (χ4n) is 2.17. The highest BCUT2D eigenvalue weighted by Crippen LogP contribution is 2.27. The summed E-state index contributed by atoms with van der Waals surface area (Å²) in [5.74, 6) is 0.104. The minimum Gasteiger partial charge on any atom is -0.396 e. The van der Waals surface area contributed by atoms with Crippen LogP contribution in [0.3, 0.4) is 0 Å². The molecule has 102 valence electrons. The van der Waals surface area contributed by atoms with Crippen LogP contribution < -0.4 is 0 Å². The molecule has 1 saturated heterocycles. The maximum atomic E-state index is 12.4. The summed E-state index contributed by atoms with van der Waals surface area (Å²) in [6.07, 6.45) is 1.20. The van der Waals surface area contributed by atoms with E-state index < -0.39 is 10.0 Å². The summed E-state index contributed by atoms with van der Waals surface area (Å²) < 4.78 is 26.1. The molecule has 1 N–H and O–H groups in total. The summed E-state index contributed by atoms with van der Waals surface area (Å²) >= 11 is 0. The van der Waals surface area contributed by atoms with Crippen molar-refractivity contribution < 1.29 is 13.5 Å². The number of nitrogens with zero attached hydrogens (tertiary/aromatic N) is 3. The maximum absolute atomic E-state index is 12.4. The molecule has 6 nitrogen and oxygen atoms in total. The number of aromatic nitrogens is 1. The molecule has 1 aromatic heterocycles. The number of rotatable bonds is 3. The molecule has 0 spiro atoms. The summed E-state index contributed by atoms with van der Waals surface area (Å²) in [4.78, 5) is 3.86. The fraction of sp³-hybridized carbons (Fsp3) is 0.500. The maximum Gasteiger partial charge on any atom is 0.244 e. The Bertz CT molecular complexity index is 592. The van der Waals surface area contributed by atoms with E-state index in [1.165, 1.54) is 22.6 Å². The van der Waals surface area contributed by atoms with Crippen LogP contribution in [-0.2, 0) is 10.0 Å². The first-order valence-corrected chi connectivity index (χ1v) is 7.40. The molecule has 1 aliphatic rings. The number of hydrogen-bond donors (Lipinski definition) is 1. The highest BCUT2D eigenvalue weighted by molar-refractivity contribution is 7.89. The summed E-state index contributed by atoms with van der Waals surface area (Å²) in [5.41, 5.74) is 0.182. The molecular weight excluding hydrogens is 266 g/mol. The molecule has 0 radical (unpaired) electrons. The number of nitriles is 1. The summed E-state index contributed by atoms with van der Waals surface area (Å²) in [7, 11) is -3.59. The van der Waals surface area contributed by atoms with E-state index in [4.69, 9.17) is 5.26 Å². The van der Waals surface area contributed by atoms with Gasteiger partial charge in [-0.05, 0) is 24.0 Å². The van der Waals surface area contributed by atoms with Crippen molar-refractivity contribution in [3.05, 3.63) is 24.0 Å². The molecule has 19 heavy (non-hydrogen) atoms. The standard InChI is InChI=1S/C12H15N3O3S/c1-9-6-15(7-10(9)8-16)19(17,18)12-3-2-11(4-13)14-5-12/h2-3,5,9-10,16H,6-8H2,1H3/t9-,10+/m1/s1. The lowest BCUT2D eigenvalue weighted by atomic mass is 10.00. The van der Waals surface area contributed by atoms with Crippen LogP contribution in [0.25, 0.3) is 0 Å². The number of hydrogen-bond acceptors (Lipinski definition) is 5. The van der Waals surface area contributed by atoms with Gasteiger partial charge in [-0.1, -0.05) is 6.92 Å². The zero-order valence-electron chi connectivity index (χ0n) is 10.5. The fourth-order valence-corrected chi connectivity index (χ4v) is 3.71. The Kier molecular flexibility index (Phi) is 3.85. The summed E-state index contributed by atoms with van der Waals surface area (Å²) in [6.45, 7) is 2.62. The molecule has 1 aromatic rings. The Balaban J connectivity index is 2.26. The second kappa shape index (κ2) is 5.25. The predicted molar refractivity (Wildman–Crippen MR) is 67.5 cm³/mol. The van der Waals surface area contributed by atoms with Crippen LogP contribution in [0.2, 0.25) is 0 Å². The zero-order valence-corrected chi connectivity index (χ0v) is 11.3. The van der Waals surface area contributed by atoms with E-state index in [0.717, 1.165) is 0 Å². The lowest BCUT2D eigenvalue weighted by Crippen LogP contribution is -2.29. The van der Waals surface area contributed by atoms with E-state index in [0.29, 0.717) is 13.1 Å². The van der Waals surface area contributed by atoms with Gasteiger partial charge in [-0.3, -0.25) is 0 Å². The Morgan fingerprint density at radius 2 is 2.26 bits per heavy atom. The van der Waals surface area contributed by atoms with Crippen molar-refractivity contribution in [2.45, 2.75) is 11.8 Å². The van der Waals surface area contributed by atoms with E-state index in [2.05, 4.69) is 4.98 Å². The number of pyridine rings is 1. The molecular formula is C12H15N3O3S. The third-order valence-electron chi connectivity index (χ3n) is 3.46. The average molecular weight is 281 g/mol. The largest absolute Gasteiger partial charge is 0.396 e. The van der Waals surface area contributed by atoms with E-state index in [-0.39, 0.29) is 29.0 Å². The second-order valence-corrected chi connectivity index (χ2v) is 6.67. The SMILES string of the molecule is C[C@@H]1CN(S(=O)(=O)c2ccc(C#N)nc2)C[C@H]1CO. The third-order valence-corrected chi connectivity index (χ3v) is 5.27. The van der Waals surface area contributed by atoms with Gasteiger partial charge in [0, 0.05) is 25.9 Å². The number of aliphatic hydroxyl groups is 1. The Labute approximate surface area is 112 Å². The molecule has 1 aliphatic heterocycles. The molecule has 0 aliphatic carbocycles. The van der Waals surface area contributed by atoms with Crippen molar-refractivity contribution in [3.8, 4) is 6.07 Å². The first kappa shape index (κ1) is 13.9. The van der Waals surface area contributed by atoms with Gasteiger partial charge < -0.3 is 5.11 Å². The highest BCUT2D eigenvalue weighted by atomic mass is 32.2. The van der Waals surface area contributed by atoms with Gasteiger partial charge in [0.1, 0.15) is 16.7 Å². The van der Waals surface area contributed by atoms with Crippen LogP contribution in [0.15, 0.2) is 23.2 Å². The number of aliphatic hydroxyl groups excluding tert-OH is 1. The van der Waals surface area contributed by atoms with Gasteiger partial charge in [0.05, 0.1) is 0 Å². The van der Waals surface area contributed by atoms with Gasteiger partial charge >= 0.3 is 0 Å². The van der Waals surface area contributed by atoms with Gasteiger partial charge in [-0.15, -0.1) is 0 Å². The molecule has 0 amide bonds. The molecule has 2 rings (SSSR count). The van der Waals surface area contributed by atoms with Gasteiger partial charge in [0.15, 0.2) is 0 Å². The average Bonchev–Trinajstić information content (AvgIpc) is 2.81. The molecule has 0 aromatic carbocycles. The lowest BCUT2D eigenvalue weighted by molar-refractivity contribution is 0.210. The molecule has 2 heterocycles. The minimum absolute atomic E-state index is 0.0151. The Morgan fingerprint density at radius 1 is 1.53 bits per heavy atom. The molecule has 0 bridgehead atoms. The second-order valence-electron chi connectivity index (χ2n) is 4.73. The normalized spacial score (nSPS) is 24.3. The molecule has 0 unspecified atom stereocenters. The minimum atomic E-state index is -3.59. The topological polar surface area (TPSA) is 94.3 Å². The lowest BCUT2D eigenvalue weighted by Gasteiger charge is -2.15. The molecule has 2 atom stereocenters. The van der Waals surface area contributed by atoms with Crippen molar-refractivity contribution in [2.24, 2.45) is 11.8 Å². The Hall–Kier alpha value is -1.49. The van der Waals surface area contributed by atoms with Crippen molar-refractivity contribution >= 4 is 10.0 Å². The molecule has 0 saturated carbocycles. The van der Waals surface area contributed by atoms with Crippen LogP contribution >= 0.6 is 0 Å². The van der Waals surface area contributed by atoms with Crippen LogP contribution in [0.5, 0.6) is 0 Å². The molecule has 1 fully saturated rings. The third kappa shape index (κ3) is 2.61. The Morgan fingerprint density at radius 3 is 2.74 bits per heavy atom. The van der Waals surface area contributed by atoms with Crippen LogP contribution in [0.4, 0.5) is 0 Å². The van der Waals surface area contributed by atoms with E-state index >= 15 is 0 Å². The van der Waals surface area contributed by atoms with E-state index in [1.54, 1.807) is 0 Å². The summed E-state index contributed by atoms with van der Waals surface area (Å²) in [6, 6.07) is 4.62. The van der Waals surface area contributed by atoms with E-state index in [9.17, 15) is 13.5 Å². The molecule has 7 heteroatoms. The van der Waals surface area contributed by atoms with Crippen molar-refractivity contribution in [1.82, 2.24) is 9.29 Å². The number of sulfonamides is 1. The first-order valence-electron chi connectivity index (χ1n) is 5.96. The summed E-state index contributed by atoms with van der Waals surface area (Å²) in [5, 5.41) is 17.8. The van der Waals surface area contributed by atoms with Crippen molar-refractivity contribution in [3.63, 3.8) is 0 Å². The van der Waals surface area contributed by atoms with Crippen molar-refractivity contribution in [1.29, 1.82) is 5.26 Å². The van der Waals surface area contributed by atoms with Gasteiger partial charge in [-0.2, -0.15) is 9.57 Å². The van der Waals surface area contributed by atoms with Crippen LogP contribution in [0, 0.1) is 23.2 Å². The van der Waals surface area contributed by atoms with Gasteiger partial charge in [0.2, 0.25) is 10.0 Å². The van der Waals surface area contributed by atoms with Crippen molar-refractivity contribution in [2.75, 3.05) is 19.7 Å². The van der Waals surface area contributed by atoms with Gasteiger partial charge in [-0.25, -0.2) is 13.4 Å². The van der Waals surface area contributed by atoms with Crippen LogP contribution in [-0.4, -0.2) is 42.5 Å². The van der Waals surface area contributed by atoms with Gasteiger partial charge in [0.25, 0.3) is 0 Å². The monoisotopic (exact) mass is 281 g/mol. The predicted octanol–water partition coefficient (Wildman–Crippen LogP) is 0.202.